The van der Waals surface area contributed by atoms with Crippen molar-refractivity contribution in [2.24, 2.45) is 0 Å². The van der Waals surface area contributed by atoms with Gasteiger partial charge in [0, 0.05) is 5.69 Å². The summed E-state index contributed by atoms with van der Waals surface area (Å²) in [6.07, 6.45) is 0. The third kappa shape index (κ3) is 6.87. The SMILES string of the molecule is COc1ccc(NC(=O)CNC(=O)COc2ccccc2)cc1S(=O)(=O)Nc1ccccc1Cl. The molecule has 2 amide bonds. The Morgan fingerprint density at radius 2 is 1.65 bits per heavy atom. The molecule has 3 N–H and O–H groups in total. The fourth-order valence-electron chi connectivity index (χ4n) is 2.81. The van der Waals surface area contributed by atoms with Crippen molar-refractivity contribution in [2.75, 3.05) is 30.3 Å². The zero-order valence-electron chi connectivity index (χ0n) is 18.1. The summed E-state index contributed by atoms with van der Waals surface area (Å²) < 4.78 is 38.8. The number of amides is 2. The lowest BCUT2D eigenvalue weighted by Crippen LogP contribution is -2.35. The topological polar surface area (TPSA) is 123 Å². The molecule has 0 atom stereocenters. The monoisotopic (exact) mass is 503 g/mol. The van der Waals surface area contributed by atoms with E-state index in [0.29, 0.717) is 5.75 Å². The van der Waals surface area contributed by atoms with Gasteiger partial charge in [-0.15, -0.1) is 0 Å². The van der Waals surface area contributed by atoms with Gasteiger partial charge in [0.2, 0.25) is 5.91 Å². The maximum absolute atomic E-state index is 12.9. The molecule has 34 heavy (non-hydrogen) atoms. The number of rotatable bonds is 10. The molecule has 0 unspecified atom stereocenters. The molecule has 0 aliphatic heterocycles. The highest BCUT2D eigenvalue weighted by Crippen LogP contribution is 2.30. The van der Waals surface area contributed by atoms with E-state index in [1.54, 1.807) is 42.5 Å². The Hall–Kier alpha value is -3.76. The minimum absolute atomic E-state index is 0.0731. The summed E-state index contributed by atoms with van der Waals surface area (Å²) in [6, 6.07) is 19.3. The second-order valence-corrected chi connectivity index (χ2v) is 8.94. The maximum atomic E-state index is 12.9. The van der Waals surface area contributed by atoms with Crippen LogP contribution in [0.25, 0.3) is 0 Å². The molecular formula is C23H22ClN3O6S. The predicted molar refractivity (Wildman–Crippen MR) is 129 cm³/mol. The summed E-state index contributed by atoms with van der Waals surface area (Å²) in [5.41, 5.74) is 0.390. The van der Waals surface area contributed by atoms with E-state index in [4.69, 9.17) is 21.1 Å². The number of methoxy groups -OCH3 is 1. The van der Waals surface area contributed by atoms with E-state index >= 15 is 0 Å². The van der Waals surface area contributed by atoms with Crippen LogP contribution in [-0.4, -0.2) is 40.5 Å². The van der Waals surface area contributed by atoms with Gasteiger partial charge in [-0.2, -0.15) is 0 Å². The van der Waals surface area contributed by atoms with E-state index in [-0.39, 0.29) is 40.2 Å². The summed E-state index contributed by atoms with van der Waals surface area (Å²) in [5.74, 6) is -0.440. The van der Waals surface area contributed by atoms with E-state index in [0.717, 1.165) is 0 Å². The minimum Gasteiger partial charge on any atom is -0.495 e. The average molecular weight is 504 g/mol. The van der Waals surface area contributed by atoms with Crippen LogP contribution in [0, 0.1) is 0 Å². The molecule has 3 rings (SSSR count). The number of benzene rings is 3. The number of sulfonamides is 1. The van der Waals surface area contributed by atoms with E-state index in [2.05, 4.69) is 15.4 Å². The molecule has 9 nitrogen and oxygen atoms in total. The van der Waals surface area contributed by atoms with Crippen LogP contribution in [0.15, 0.2) is 77.7 Å². The van der Waals surface area contributed by atoms with Crippen LogP contribution in [0.1, 0.15) is 0 Å². The lowest BCUT2D eigenvalue weighted by Gasteiger charge is -2.14. The first-order chi connectivity index (χ1) is 16.3. The van der Waals surface area contributed by atoms with Crippen LogP contribution >= 0.6 is 11.6 Å². The Balaban J connectivity index is 1.62. The van der Waals surface area contributed by atoms with Gasteiger partial charge in [-0.05, 0) is 42.5 Å². The van der Waals surface area contributed by atoms with Crippen molar-refractivity contribution in [1.29, 1.82) is 0 Å². The van der Waals surface area contributed by atoms with E-state index in [9.17, 15) is 18.0 Å². The lowest BCUT2D eigenvalue weighted by atomic mass is 10.3. The molecular weight excluding hydrogens is 482 g/mol. The van der Waals surface area contributed by atoms with Gasteiger partial charge < -0.3 is 20.1 Å². The van der Waals surface area contributed by atoms with Crippen molar-refractivity contribution in [2.45, 2.75) is 4.90 Å². The molecule has 0 bridgehead atoms. The van der Waals surface area contributed by atoms with Gasteiger partial charge in [0.15, 0.2) is 6.61 Å². The molecule has 0 aliphatic rings. The van der Waals surface area contributed by atoms with Crippen LogP contribution in [0.4, 0.5) is 11.4 Å². The molecule has 0 fully saturated rings. The van der Waals surface area contributed by atoms with Gasteiger partial charge >= 0.3 is 0 Å². The predicted octanol–water partition coefficient (Wildman–Crippen LogP) is 3.28. The summed E-state index contributed by atoms with van der Waals surface area (Å²) in [4.78, 5) is 24.0. The number of para-hydroxylation sites is 2. The van der Waals surface area contributed by atoms with Crippen molar-refractivity contribution in [3.8, 4) is 11.5 Å². The van der Waals surface area contributed by atoms with Gasteiger partial charge in [-0.1, -0.05) is 41.9 Å². The molecule has 0 spiro atoms. The molecule has 0 radical (unpaired) electrons. The van der Waals surface area contributed by atoms with E-state index < -0.39 is 21.8 Å². The fraction of sp³-hybridized carbons (Fsp3) is 0.130. The number of nitrogens with one attached hydrogen (secondary N) is 3. The molecule has 0 heterocycles. The van der Waals surface area contributed by atoms with Crippen molar-refractivity contribution >= 4 is 44.8 Å². The third-order valence-corrected chi connectivity index (χ3v) is 6.13. The summed E-state index contributed by atoms with van der Waals surface area (Å²) in [5, 5.41) is 5.20. The summed E-state index contributed by atoms with van der Waals surface area (Å²) >= 11 is 6.05. The number of hydrogen-bond donors (Lipinski definition) is 3. The van der Waals surface area contributed by atoms with Crippen LogP contribution in [0.3, 0.4) is 0 Å². The van der Waals surface area contributed by atoms with E-state index in [1.165, 1.54) is 31.4 Å². The first-order valence-corrected chi connectivity index (χ1v) is 11.8. The van der Waals surface area contributed by atoms with Gasteiger partial charge in [0.05, 0.1) is 24.4 Å². The summed E-state index contributed by atoms with van der Waals surface area (Å²) in [7, 11) is -2.76. The molecule has 178 valence electrons. The Kier molecular flexibility index (Phi) is 8.34. The second-order valence-electron chi connectivity index (χ2n) is 6.88. The van der Waals surface area contributed by atoms with Gasteiger partial charge in [-0.3, -0.25) is 14.3 Å². The van der Waals surface area contributed by atoms with Crippen molar-refractivity contribution < 1.29 is 27.5 Å². The molecule has 3 aromatic rings. The Morgan fingerprint density at radius 3 is 2.35 bits per heavy atom. The number of halogens is 1. The van der Waals surface area contributed by atoms with Crippen molar-refractivity contribution in [1.82, 2.24) is 5.32 Å². The van der Waals surface area contributed by atoms with E-state index in [1.807, 2.05) is 6.07 Å². The number of carbonyl (C=O) groups excluding carboxylic acids is 2. The zero-order valence-corrected chi connectivity index (χ0v) is 19.7. The number of carbonyl (C=O) groups is 2. The van der Waals surface area contributed by atoms with Crippen LogP contribution in [-0.2, 0) is 19.6 Å². The largest absolute Gasteiger partial charge is 0.495 e. The quantitative estimate of drug-likeness (QED) is 0.390. The van der Waals surface area contributed by atoms with Crippen LogP contribution < -0.4 is 24.8 Å². The zero-order chi connectivity index (χ0) is 24.6. The highest BCUT2D eigenvalue weighted by molar-refractivity contribution is 7.92. The Bertz CT molecular complexity index is 1270. The molecule has 0 aliphatic carbocycles. The maximum Gasteiger partial charge on any atom is 0.265 e. The highest BCUT2D eigenvalue weighted by atomic mass is 35.5. The fourth-order valence-corrected chi connectivity index (χ4v) is 4.32. The summed E-state index contributed by atoms with van der Waals surface area (Å²) in [6.45, 7) is -0.584. The smallest absolute Gasteiger partial charge is 0.265 e. The first-order valence-electron chi connectivity index (χ1n) is 9.98. The van der Waals surface area contributed by atoms with Gasteiger partial charge in [0.1, 0.15) is 16.4 Å². The van der Waals surface area contributed by atoms with Crippen LogP contribution in [0.5, 0.6) is 11.5 Å². The number of ether oxygens (including phenoxy) is 2. The minimum atomic E-state index is -4.09. The highest BCUT2D eigenvalue weighted by Gasteiger charge is 2.22. The third-order valence-electron chi connectivity index (χ3n) is 4.41. The molecule has 0 saturated carbocycles. The van der Waals surface area contributed by atoms with Crippen molar-refractivity contribution in [3.05, 3.63) is 77.8 Å². The average Bonchev–Trinajstić information content (AvgIpc) is 2.83. The second kappa shape index (κ2) is 11.4. The molecule has 0 saturated heterocycles. The Labute approximate surface area is 202 Å². The first kappa shape index (κ1) is 24.9. The van der Waals surface area contributed by atoms with Gasteiger partial charge in [-0.25, -0.2) is 8.42 Å². The lowest BCUT2D eigenvalue weighted by molar-refractivity contribution is -0.125. The number of anilines is 2. The molecule has 0 aromatic heterocycles. The normalized spacial score (nSPS) is 10.8. The van der Waals surface area contributed by atoms with Crippen LogP contribution in [0.2, 0.25) is 5.02 Å². The van der Waals surface area contributed by atoms with Crippen molar-refractivity contribution in [3.63, 3.8) is 0 Å². The standard InChI is InChI=1S/C23H22ClN3O6S/c1-32-20-12-11-16(13-21(20)34(30,31)27-19-10-6-5-9-18(19)24)26-22(28)14-25-23(29)15-33-17-7-3-2-4-8-17/h2-13,27H,14-15H2,1H3,(H,25,29)(H,26,28). The Morgan fingerprint density at radius 1 is 0.941 bits per heavy atom. The molecule has 11 heteroatoms. The number of hydrogen-bond acceptors (Lipinski definition) is 6. The van der Waals surface area contributed by atoms with Gasteiger partial charge in [0.25, 0.3) is 15.9 Å². The molecule has 3 aromatic carbocycles.